The van der Waals surface area contributed by atoms with Crippen molar-refractivity contribution in [2.45, 2.75) is 26.2 Å². The van der Waals surface area contributed by atoms with E-state index in [1.807, 2.05) is 19.2 Å². The molecule has 19 heavy (non-hydrogen) atoms. The number of pyridine rings is 1. The van der Waals surface area contributed by atoms with Gasteiger partial charge < -0.3 is 14.7 Å². The van der Waals surface area contributed by atoms with Crippen LogP contribution in [0.25, 0.3) is 16.6 Å². The zero-order valence-corrected chi connectivity index (χ0v) is 10.8. The maximum Gasteiger partial charge on any atom is 0.555 e. The van der Waals surface area contributed by atoms with E-state index in [0.29, 0.717) is 11.7 Å². The molecule has 1 fully saturated rings. The summed E-state index contributed by atoms with van der Waals surface area (Å²) in [4.78, 5) is 7.48. The second kappa shape index (κ2) is 3.87. The molecule has 4 rings (SSSR count). The minimum atomic E-state index is -0.832. The zero-order valence-electron chi connectivity index (χ0n) is 10.8. The van der Waals surface area contributed by atoms with E-state index in [-0.39, 0.29) is 0 Å². The van der Waals surface area contributed by atoms with Crippen LogP contribution in [-0.2, 0) is 0 Å². The van der Waals surface area contributed by atoms with Crippen molar-refractivity contribution in [1.82, 2.24) is 9.97 Å². The quantitative estimate of drug-likeness (QED) is 0.769. The first-order valence-corrected chi connectivity index (χ1v) is 6.77. The van der Waals surface area contributed by atoms with Gasteiger partial charge in [-0.2, -0.15) is 0 Å². The van der Waals surface area contributed by atoms with Crippen LogP contribution in [0.15, 0.2) is 23.9 Å². The van der Waals surface area contributed by atoms with Crippen LogP contribution in [0.3, 0.4) is 0 Å². The molecule has 4 nitrogen and oxygen atoms in total. The minimum absolute atomic E-state index is 0.554. The van der Waals surface area contributed by atoms with Gasteiger partial charge in [-0.1, -0.05) is 6.42 Å². The maximum atomic E-state index is 10.1. The van der Waals surface area contributed by atoms with Crippen LogP contribution in [0.1, 0.15) is 31.7 Å². The van der Waals surface area contributed by atoms with Crippen molar-refractivity contribution in [1.29, 1.82) is 0 Å². The number of aromatic nitrogens is 2. The van der Waals surface area contributed by atoms with Crippen molar-refractivity contribution in [3.8, 4) is 5.75 Å². The molecule has 2 aromatic rings. The lowest BCUT2D eigenvalue weighted by Crippen LogP contribution is -2.31. The largest absolute Gasteiger partial charge is 0.555 e. The lowest BCUT2D eigenvalue weighted by atomic mass is 9.65. The van der Waals surface area contributed by atoms with Gasteiger partial charge in [0.1, 0.15) is 11.4 Å². The summed E-state index contributed by atoms with van der Waals surface area (Å²) in [6.45, 7) is 1.97. The van der Waals surface area contributed by atoms with Crippen LogP contribution >= 0.6 is 0 Å². The summed E-state index contributed by atoms with van der Waals surface area (Å²) >= 11 is 0. The average molecular weight is 254 g/mol. The van der Waals surface area contributed by atoms with Crippen LogP contribution in [0, 0.1) is 5.92 Å². The predicted molar refractivity (Wildman–Crippen MR) is 74.6 cm³/mol. The zero-order chi connectivity index (χ0) is 13.0. The summed E-state index contributed by atoms with van der Waals surface area (Å²) < 4.78 is 5.59. The molecule has 0 unspecified atom stereocenters. The molecule has 0 atom stereocenters. The van der Waals surface area contributed by atoms with Crippen LogP contribution in [0.5, 0.6) is 5.75 Å². The van der Waals surface area contributed by atoms with Crippen LogP contribution in [0.2, 0.25) is 0 Å². The molecule has 0 radical (unpaired) electrons. The maximum absolute atomic E-state index is 10.1. The van der Waals surface area contributed by atoms with Crippen molar-refractivity contribution in [2.75, 3.05) is 0 Å². The number of hydrogen-bond donors (Lipinski definition) is 2. The summed E-state index contributed by atoms with van der Waals surface area (Å²) in [7, 11) is -0.832. The number of H-pyrrole nitrogens is 1. The predicted octanol–water partition coefficient (Wildman–Crippen LogP) is 2.55. The van der Waals surface area contributed by atoms with Crippen molar-refractivity contribution >= 4 is 23.7 Å². The molecule has 1 aliphatic carbocycles. The molecule has 0 spiro atoms. The van der Waals surface area contributed by atoms with Gasteiger partial charge in [0.2, 0.25) is 0 Å². The van der Waals surface area contributed by atoms with Crippen molar-refractivity contribution in [2.24, 2.45) is 5.92 Å². The first kappa shape index (κ1) is 11.1. The van der Waals surface area contributed by atoms with Gasteiger partial charge in [-0.3, -0.25) is 0 Å². The molecule has 0 aromatic carbocycles. The minimum Gasteiger partial charge on any atom is -0.531 e. The van der Waals surface area contributed by atoms with Gasteiger partial charge in [-0.05, 0) is 42.8 Å². The Hall–Kier alpha value is -1.75. The third-order valence-corrected chi connectivity index (χ3v) is 4.37. The van der Waals surface area contributed by atoms with Gasteiger partial charge in [0.25, 0.3) is 0 Å². The monoisotopic (exact) mass is 254 g/mol. The molecule has 1 saturated carbocycles. The van der Waals surface area contributed by atoms with E-state index >= 15 is 0 Å². The average Bonchev–Trinajstić information content (AvgIpc) is 2.80. The number of aromatic amines is 1. The van der Waals surface area contributed by atoms with Gasteiger partial charge >= 0.3 is 7.12 Å². The number of nitrogens with one attached hydrogen (secondary N) is 1. The third kappa shape index (κ3) is 1.48. The Labute approximate surface area is 111 Å². The van der Waals surface area contributed by atoms with Gasteiger partial charge in [-0.15, -0.1) is 0 Å². The van der Waals surface area contributed by atoms with Crippen molar-refractivity contribution in [3.63, 3.8) is 0 Å². The second-order valence-corrected chi connectivity index (χ2v) is 5.43. The molecule has 0 bridgehead atoms. The Morgan fingerprint density at radius 2 is 2.32 bits per heavy atom. The second-order valence-electron chi connectivity index (χ2n) is 5.43. The lowest BCUT2D eigenvalue weighted by molar-refractivity contribution is 0.387. The molecular weight excluding hydrogens is 239 g/mol. The number of hydrogen-bond acceptors (Lipinski definition) is 3. The van der Waals surface area contributed by atoms with Gasteiger partial charge in [0, 0.05) is 17.1 Å². The van der Waals surface area contributed by atoms with Gasteiger partial charge in [0.15, 0.2) is 0 Å². The SMILES string of the molecule is CC1=C(C2CCC2)c2c(cnc3[nH]ccc23)OB1O. The fraction of sp³-hybridized carbons (Fsp3) is 0.357. The van der Waals surface area contributed by atoms with Crippen LogP contribution in [0.4, 0.5) is 0 Å². The van der Waals surface area contributed by atoms with Gasteiger partial charge in [-0.25, -0.2) is 4.98 Å². The van der Waals surface area contributed by atoms with E-state index in [0.717, 1.165) is 22.1 Å². The summed E-state index contributed by atoms with van der Waals surface area (Å²) in [6, 6.07) is 2.04. The molecule has 1 aliphatic heterocycles. The van der Waals surface area contributed by atoms with E-state index in [9.17, 15) is 5.02 Å². The fourth-order valence-corrected chi connectivity index (χ4v) is 3.12. The summed E-state index contributed by atoms with van der Waals surface area (Å²) in [5, 5.41) is 11.2. The topological polar surface area (TPSA) is 58.1 Å². The Morgan fingerprint density at radius 3 is 3.05 bits per heavy atom. The highest BCUT2D eigenvalue weighted by molar-refractivity contribution is 6.55. The summed E-state index contributed by atoms with van der Waals surface area (Å²) in [5.41, 5.74) is 4.22. The molecule has 0 amide bonds. The highest BCUT2D eigenvalue weighted by Gasteiger charge is 2.36. The molecule has 5 heteroatoms. The molecular formula is C14H15BN2O2. The number of nitrogens with zero attached hydrogens (tertiary/aromatic N) is 1. The Bertz CT molecular complexity index is 688. The lowest BCUT2D eigenvalue weighted by Gasteiger charge is -2.34. The van der Waals surface area contributed by atoms with Crippen LogP contribution < -0.4 is 4.65 Å². The summed E-state index contributed by atoms with van der Waals surface area (Å²) in [5.74, 6) is 1.25. The normalized spacial score (nSPS) is 19.4. The third-order valence-electron chi connectivity index (χ3n) is 4.37. The molecule has 96 valence electrons. The summed E-state index contributed by atoms with van der Waals surface area (Å²) in [6.07, 6.45) is 7.29. The van der Waals surface area contributed by atoms with Crippen molar-refractivity contribution < 1.29 is 9.68 Å². The highest BCUT2D eigenvalue weighted by Crippen LogP contribution is 2.47. The first-order valence-electron chi connectivity index (χ1n) is 6.77. The first-order chi connectivity index (χ1) is 9.25. The molecule has 2 N–H and O–H groups in total. The van der Waals surface area contributed by atoms with Crippen LogP contribution in [-0.4, -0.2) is 22.1 Å². The van der Waals surface area contributed by atoms with E-state index < -0.39 is 7.12 Å². The molecule has 3 heterocycles. The van der Waals surface area contributed by atoms with E-state index in [2.05, 4.69) is 9.97 Å². The highest BCUT2D eigenvalue weighted by atomic mass is 16.5. The molecule has 2 aliphatic rings. The standard InChI is InChI=1S/C14H15BN2O2/c1-8-12(9-3-2-4-9)13-10-5-6-16-14(10)17-7-11(13)19-15(8)18/h5-7,9,18H,2-4H2,1H3,(H,16,17). The fourth-order valence-electron chi connectivity index (χ4n) is 3.12. The van der Waals surface area contributed by atoms with Gasteiger partial charge in [0.05, 0.1) is 6.20 Å². The van der Waals surface area contributed by atoms with E-state index in [1.165, 1.54) is 24.8 Å². The number of allylic oxidation sites excluding steroid dienone is 2. The van der Waals surface area contributed by atoms with Crippen molar-refractivity contribution in [3.05, 3.63) is 29.5 Å². The van der Waals surface area contributed by atoms with E-state index in [4.69, 9.17) is 4.65 Å². The van der Waals surface area contributed by atoms with E-state index in [1.54, 1.807) is 6.20 Å². The Morgan fingerprint density at radius 1 is 1.47 bits per heavy atom. The smallest absolute Gasteiger partial charge is 0.531 e. The Kier molecular flexibility index (Phi) is 2.26. The number of rotatable bonds is 1. The number of fused-ring (bicyclic) bond motifs is 3. The molecule has 2 aromatic heterocycles. The Balaban J connectivity index is 2.02. The molecule has 0 saturated heterocycles.